The van der Waals surface area contributed by atoms with E-state index in [0.717, 1.165) is 38.5 Å². The average Bonchev–Trinajstić information content (AvgIpc) is 2.78. The molecule has 0 aromatic rings. The monoisotopic (exact) mass is 425 g/mol. The van der Waals surface area contributed by atoms with Gasteiger partial charge in [-0.15, -0.1) is 0 Å². The van der Waals surface area contributed by atoms with Gasteiger partial charge in [-0.1, -0.05) is 0 Å². The molecule has 2 saturated heterocycles. The Kier molecular flexibility index (Phi) is 8.18. The van der Waals surface area contributed by atoms with Crippen LogP contribution in [0.15, 0.2) is 0 Å². The second-order valence-corrected chi connectivity index (χ2v) is 8.76. The highest BCUT2D eigenvalue weighted by atomic mass is 16.5. The predicted molar refractivity (Wildman–Crippen MR) is 109 cm³/mol. The number of carbonyl (C=O) groups is 3. The number of nitrogens with zero attached hydrogens (tertiary/aromatic N) is 2. The first-order valence-corrected chi connectivity index (χ1v) is 11.2. The topological polar surface area (TPSA) is 108 Å². The van der Waals surface area contributed by atoms with Crippen molar-refractivity contribution in [3.63, 3.8) is 0 Å². The van der Waals surface area contributed by atoms with E-state index in [1.54, 1.807) is 4.90 Å². The number of hydrogen-bond acceptors (Lipinski definition) is 5. The van der Waals surface area contributed by atoms with Gasteiger partial charge < -0.3 is 29.7 Å². The van der Waals surface area contributed by atoms with Crippen LogP contribution in [0.4, 0.5) is 9.59 Å². The largest absolute Gasteiger partial charge is 0.481 e. The average molecular weight is 426 g/mol. The molecule has 170 valence electrons. The summed E-state index contributed by atoms with van der Waals surface area (Å²) >= 11 is 0. The fourth-order valence-electron chi connectivity index (χ4n) is 4.66. The summed E-state index contributed by atoms with van der Waals surface area (Å²) in [6, 6.07) is 0.0420. The molecule has 30 heavy (non-hydrogen) atoms. The molecule has 9 heteroatoms. The number of hydrogen-bond donors (Lipinski definition) is 2. The highest BCUT2D eigenvalue weighted by molar-refractivity contribution is 5.75. The Bertz CT molecular complexity index is 592. The van der Waals surface area contributed by atoms with E-state index in [-0.39, 0.29) is 30.2 Å². The quantitative estimate of drug-likeness (QED) is 0.700. The van der Waals surface area contributed by atoms with Crippen molar-refractivity contribution in [2.45, 2.75) is 63.5 Å². The van der Waals surface area contributed by atoms with Crippen LogP contribution >= 0.6 is 0 Å². The molecule has 0 atom stereocenters. The van der Waals surface area contributed by atoms with E-state index in [1.807, 2.05) is 4.90 Å². The third kappa shape index (κ3) is 6.23. The maximum atomic E-state index is 12.5. The molecule has 0 aromatic heterocycles. The molecule has 3 aliphatic rings. The third-order valence-electron chi connectivity index (χ3n) is 6.75. The Hall–Kier alpha value is -2.03. The van der Waals surface area contributed by atoms with Crippen LogP contribution in [0.5, 0.6) is 0 Å². The number of carboxylic acid groups (broad SMARTS) is 1. The minimum Gasteiger partial charge on any atom is -0.481 e. The summed E-state index contributed by atoms with van der Waals surface area (Å²) in [6.07, 6.45) is 6.19. The van der Waals surface area contributed by atoms with Crippen molar-refractivity contribution in [2.24, 2.45) is 11.8 Å². The number of aliphatic carboxylic acids is 1. The summed E-state index contributed by atoms with van der Waals surface area (Å²) in [7, 11) is 1.41. The molecule has 1 aliphatic carbocycles. The number of urea groups is 1. The van der Waals surface area contributed by atoms with E-state index >= 15 is 0 Å². The third-order valence-corrected chi connectivity index (χ3v) is 6.75. The number of methoxy groups -OCH3 is 1. The summed E-state index contributed by atoms with van der Waals surface area (Å²) in [6.45, 7) is 3.50. The lowest BCUT2D eigenvalue weighted by atomic mass is 9.86. The number of amides is 3. The summed E-state index contributed by atoms with van der Waals surface area (Å²) in [5, 5.41) is 12.2. The molecule has 0 spiro atoms. The molecule has 1 saturated carbocycles. The van der Waals surface area contributed by atoms with Gasteiger partial charge in [-0.05, 0) is 57.3 Å². The minimum atomic E-state index is -0.726. The van der Waals surface area contributed by atoms with Gasteiger partial charge in [-0.2, -0.15) is 0 Å². The molecule has 9 nitrogen and oxygen atoms in total. The standard InChI is InChI=1S/C21H35N3O6/c1-29-21(28)24-10-6-15(7-11-24)14-30-18-8-12-23(13-9-18)20(27)22-17-4-2-16(3-5-17)19(25)26/h15-18H,2-14H2,1H3,(H,22,27)(H,25,26)/t16-,17-. The van der Waals surface area contributed by atoms with Crippen LogP contribution in [0.25, 0.3) is 0 Å². The second-order valence-electron chi connectivity index (χ2n) is 8.76. The van der Waals surface area contributed by atoms with Crippen molar-refractivity contribution in [2.75, 3.05) is 39.9 Å². The lowest BCUT2D eigenvalue weighted by molar-refractivity contribution is -0.142. The van der Waals surface area contributed by atoms with Gasteiger partial charge in [0.05, 0.1) is 19.1 Å². The highest BCUT2D eigenvalue weighted by Gasteiger charge is 2.30. The molecular weight excluding hydrogens is 390 g/mol. The molecule has 0 unspecified atom stereocenters. The van der Waals surface area contributed by atoms with Crippen LogP contribution < -0.4 is 5.32 Å². The van der Waals surface area contributed by atoms with Crippen molar-refractivity contribution in [3.8, 4) is 0 Å². The zero-order chi connectivity index (χ0) is 21.5. The zero-order valence-electron chi connectivity index (χ0n) is 17.9. The first-order chi connectivity index (χ1) is 14.5. The molecule has 2 heterocycles. The number of piperidine rings is 2. The first kappa shape index (κ1) is 22.7. The van der Waals surface area contributed by atoms with Crippen molar-refractivity contribution in [3.05, 3.63) is 0 Å². The van der Waals surface area contributed by atoms with Gasteiger partial charge in [0.2, 0.25) is 0 Å². The molecular formula is C21H35N3O6. The van der Waals surface area contributed by atoms with Gasteiger partial charge in [-0.3, -0.25) is 4.79 Å². The molecule has 2 N–H and O–H groups in total. The summed E-state index contributed by atoms with van der Waals surface area (Å²) < 4.78 is 10.9. The summed E-state index contributed by atoms with van der Waals surface area (Å²) in [5.74, 6) is -0.525. The maximum absolute atomic E-state index is 12.5. The maximum Gasteiger partial charge on any atom is 0.409 e. The van der Waals surface area contributed by atoms with Gasteiger partial charge in [-0.25, -0.2) is 9.59 Å². The first-order valence-electron chi connectivity index (χ1n) is 11.2. The van der Waals surface area contributed by atoms with Crippen molar-refractivity contribution in [1.82, 2.24) is 15.1 Å². The lowest BCUT2D eigenvalue weighted by Crippen LogP contribution is -2.50. The van der Waals surface area contributed by atoms with Crippen LogP contribution in [0.2, 0.25) is 0 Å². The molecule has 3 fully saturated rings. The van der Waals surface area contributed by atoms with Gasteiger partial charge in [0.15, 0.2) is 0 Å². The molecule has 3 rings (SSSR count). The molecule has 0 radical (unpaired) electrons. The van der Waals surface area contributed by atoms with Crippen molar-refractivity contribution in [1.29, 1.82) is 0 Å². The Balaban J connectivity index is 1.29. The van der Waals surface area contributed by atoms with E-state index in [0.29, 0.717) is 51.5 Å². The van der Waals surface area contributed by atoms with E-state index in [2.05, 4.69) is 5.32 Å². The summed E-state index contributed by atoms with van der Waals surface area (Å²) in [5.41, 5.74) is 0. The van der Waals surface area contributed by atoms with E-state index in [1.165, 1.54) is 7.11 Å². The zero-order valence-corrected chi connectivity index (χ0v) is 17.9. The van der Waals surface area contributed by atoms with Gasteiger partial charge in [0.25, 0.3) is 0 Å². The van der Waals surface area contributed by atoms with Crippen molar-refractivity contribution >= 4 is 18.1 Å². The van der Waals surface area contributed by atoms with Crippen LogP contribution in [0, 0.1) is 11.8 Å². The van der Waals surface area contributed by atoms with Crippen LogP contribution in [0.1, 0.15) is 51.4 Å². The minimum absolute atomic E-state index is 0.0394. The predicted octanol–water partition coefficient (Wildman–Crippen LogP) is 2.30. The molecule has 3 amide bonds. The molecule has 0 aromatic carbocycles. The fraction of sp³-hybridized carbons (Fsp3) is 0.857. The SMILES string of the molecule is COC(=O)N1CCC(COC2CCN(C(=O)N[C@H]3CC[C@H](C(=O)O)CC3)CC2)CC1. The Morgan fingerprint density at radius 1 is 0.900 bits per heavy atom. The van der Waals surface area contributed by atoms with Crippen LogP contribution in [-0.2, 0) is 14.3 Å². The number of carbonyl (C=O) groups excluding carboxylic acids is 2. The smallest absolute Gasteiger partial charge is 0.409 e. The van der Waals surface area contributed by atoms with E-state index < -0.39 is 5.97 Å². The molecule has 2 aliphatic heterocycles. The normalized spacial score (nSPS) is 26.3. The Morgan fingerprint density at radius 3 is 2.07 bits per heavy atom. The number of nitrogens with one attached hydrogen (secondary N) is 1. The van der Waals surface area contributed by atoms with Gasteiger partial charge in [0, 0.05) is 38.8 Å². The van der Waals surface area contributed by atoms with Crippen LogP contribution in [-0.4, -0.2) is 85.0 Å². The Labute approximate surface area is 178 Å². The van der Waals surface area contributed by atoms with E-state index in [4.69, 9.17) is 14.6 Å². The second kappa shape index (κ2) is 10.8. The van der Waals surface area contributed by atoms with Gasteiger partial charge in [0.1, 0.15) is 0 Å². The fourth-order valence-corrected chi connectivity index (χ4v) is 4.66. The number of rotatable bonds is 5. The number of ether oxygens (including phenoxy) is 2. The Morgan fingerprint density at radius 2 is 1.50 bits per heavy atom. The summed E-state index contributed by atoms with van der Waals surface area (Å²) in [4.78, 5) is 38.7. The van der Waals surface area contributed by atoms with Crippen molar-refractivity contribution < 1.29 is 29.0 Å². The van der Waals surface area contributed by atoms with Crippen LogP contribution in [0.3, 0.4) is 0 Å². The molecule has 0 bridgehead atoms. The van der Waals surface area contributed by atoms with Gasteiger partial charge >= 0.3 is 18.1 Å². The number of likely N-dealkylation sites (tertiary alicyclic amines) is 2. The number of carboxylic acids is 1. The highest BCUT2D eigenvalue weighted by Crippen LogP contribution is 2.25. The lowest BCUT2D eigenvalue weighted by Gasteiger charge is -2.35. The van der Waals surface area contributed by atoms with E-state index in [9.17, 15) is 14.4 Å².